The van der Waals surface area contributed by atoms with Gasteiger partial charge in [-0.25, -0.2) is 9.97 Å². The lowest BCUT2D eigenvalue weighted by molar-refractivity contribution is -0.611. The van der Waals surface area contributed by atoms with E-state index in [1.54, 1.807) is 18.2 Å². The zero-order chi connectivity index (χ0) is 15.6. The number of ether oxygens (including phenoxy) is 1. The van der Waals surface area contributed by atoms with Gasteiger partial charge in [-0.05, 0) is 11.6 Å². The van der Waals surface area contributed by atoms with Crippen LogP contribution in [0.2, 0.25) is 0 Å². The van der Waals surface area contributed by atoms with Crippen molar-refractivity contribution in [2.24, 2.45) is 0 Å². The van der Waals surface area contributed by atoms with Crippen LogP contribution >= 0.6 is 11.3 Å². The molecule has 3 heterocycles. The predicted molar refractivity (Wildman–Crippen MR) is 88.3 cm³/mol. The van der Waals surface area contributed by atoms with Gasteiger partial charge in [-0.3, -0.25) is 0 Å². The summed E-state index contributed by atoms with van der Waals surface area (Å²) < 4.78 is 6.42. The minimum atomic E-state index is 0.178. The number of fused-ring (bicyclic) bond motifs is 1. The first kappa shape index (κ1) is 13.7. The molecule has 0 amide bonds. The van der Waals surface area contributed by atoms with Gasteiger partial charge in [0.25, 0.3) is 0 Å². The van der Waals surface area contributed by atoms with Gasteiger partial charge in [0.05, 0.1) is 11.5 Å². The molecule has 23 heavy (non-hydrogen) atoms. The largest absolute Gasteiger partial charge is 0.616 e. The molecule has 5 nitrogen and oxygen atoms in total. The second kappa shape index (κ2) is 5.66. The molecule has 0 atom stereocenters. The smallest absolute Gasteiger partial charge is 0.386 e. The summed E-state index contributed by atoms with van der Waals surface area (Å²) in [7, 11) is 0. The minimum Gasteiger partial charge on any atom is -0.616 e. The second-order valence-corrected chi connectivity index (χ2v) is 5.70. The van der Waals surface area contributed by atoms with E-state index in [1.165, 1.54) is 23.9 Å². The molecule has 4 aromatic rings. The number of benzene rings is 1. The molecule has 6 heteroatoms. The Bertz CT molecular complexity index is 970. The van der Waals surface area contributed by atoms with Gasteiger partial charge in [-0.2, -0.15) is 0 Å². The molecule has 0 fully saturated rings. The summed E-state index contributed by atoms with van der Waals surface area (Å²) in [4.78, 5) is 9.34. The number of nitrogens with zero attached hydrogens (tertiary/aromatic N) is 3. The fourth-order valence-corrected chi connectivity index (χ4v) is 3.25. The van der Waals surface area contributed by atoms with Crippen molar-refractivity contribution in [1.29, 1.82) is 0 Å². The number of thiophene rings is 1. The van der Waals surface area contributed by atoms with Crippen molar-refractivity contribution in [2.45, 2.75) is 0 Å². The highest BCUT2D eigenvalue weighted by Gasteiger charge is 2.17. The molecule has 0 saturated carbocycles. The number of hydrogen-bond acceptors (Lipinski definition) is 5. The minimum absolute atomic E-state index is 0.178. The van der Waals surface area contributed by atoms with Gasteiger partial charge in [-0.1, -0.05) is 30.3 Å². The summed E-state index contributed by atoms with van der Waals surface area (Å²) in [6.45, 7) is 0. The van der Waals surface area contributed by atoms with Crippen LogP contribution in [0.5, 0.6) is 11.8 Å². The summed E-state index contributed by atoms with van der Waals surface area (Å²) >= 11 is 1.52. The van der Waals surface area contributed by atoms with Crippen LogP contribution in [0.1, 0.15) is 0 Å². The Morgan fingerprint density at radius 1 is 1.00 bits per heavy atom. The Labute approximate surface area is 136 Å². The van der Waals surface area contributed by atoms with Gasteiger partial charge >= 0.3 is 5.88 Å². The van der Waals surface area contributed by atoms with Crippen LogP contribution < -0.4 is 9.47 Å². The van der Waals surface area contributed by atoms with E-state index >= 15 is 0 Å². The molecular weight excluding hydrogens is 310 g/mol. The molecular formula is C17H11N3O2S. The standard InChI is InChI=1S/C17H11N3O2S/c21-20-9-5-4-8-14(20)22-16-15-13(12-6-2-1-3-7-12)10-23-17(15)19-11-18-16/h1-11H. The molecule has 0 bridgehead atoms. The van der Waals surface area contributed by atoms with Gasteiger partial charge < -0.3 is 9.94 Å². The summed E-state index contributed by atoms with van der Waals surface area (Å²) in [5.41, 5.74) is 2.05. The molecule has 0 aliphatic heterocycles. The van der Waals surface area contributed by atoms with Gasteiger partial charge in [0.15, 0.2) is 6.20 Å². The molecule has 0 unspecified atom stereocenters. The summed E-state index contributed by atoms with van der Waals surface area (Å²) in [6, 6.07) is 15.0. The normalized spacial score (nSPS) is 10.8. The third-order valence-electron chi connectivity index (χ3n) is 3.41. The molecule has 0 aliphatic rings. The van der Waals surface area contributed by atoms with Crippen LogP contribution in [0, 0.1) is 5.21 Å². The highest BCUT2D eigenvalue weighted by Crippen LogP contribution is 2.38. The predicted octanol–water partition coefficient (Wildman–Crippen LogP) is 3.78. The van der Waals surface area contributed by atoms with E-state index in [-0.39, 0.29) is 5.88 Å². The van der Waals surface area contributed by atoms with E-state index in [0.717, 1.165) is 21.3 Å². The van der Waals surface area contributed by atoms with Crippen LogP contribution in [0.15, 0.2) is 66.4 Å². The lowest BCUT2D eigenvalue weighted by atomic mass is 10.1. The summed E-state index contributed by atoms with van der Waals surface area (Å²) in [5.74, 6) is 0.559. The molecule has 1 aromatic carbocycles. The first-order valence-electron chi connectivity index (χ1n) is 6.96. The van der Waals surface area contributed by atoms with Gasteiger partial charge in [0.1, 0.15) is 11.2 Å². The van der Waals surface area contributed by atoms with Crippen LogP contribution in [0.25, 0.3) is 21.3 Å². The fourth-order valence-electron chi connectivity index (χ4n) is 2.35. The molecule has 0 aliphatic carbocycles. The molecule has 0 N–H and O–H groups in total. The van der Waals surface area contributed by atoms with Crippen LogP contribution in [-0.2, 0) is 0 Å². The Morgan fingerprint density at radius 2 is 1.83 bits per heavy atom. The zero-order valence-electron chi connectivity index (χ0n) is 11.9. The number of pyridine rings is 1. The van der Waals surface area contributed by atoms with Crippen LogP contribution in [0.3, 0.4) is 0 Å². The molecule has 0 spiro atoms. The Hall–Kier alpha value is -2.99. The van der Waals surface area contributed by atoms with E-state index in [1.807, 2.05) is 35.7 Å². The van der Waals surface area contributed by atoms with Crippen molar-refractivity contribution >= 4 is 21.6 Å². The molecule has 0 radical (unpaired) electrons. The molecule has 3 aromatic heterocycles. The molecule has 112 valence electrons. The van der Waals surface area contributed by atoms with Crippen molar-refractivity contribution in [3.8, 4) is 22.9 Å². The monoisotopic (exact) mass is 321 g/mol. The first-order chi connectivity index (χ1) is 11.3. The van der Waals surface area contributed by atoms with Gasteiger partial charge in [0.2, 0.25) is 5.88 Å². The zero-order valence-corrected chi connectivity index (χ0v) is 12.7. The maximum Gasteiger partial charge on any atom is 0.386 e. The van der Waals surface area contributed by atoms with Crippen molar-refractivity contribution in [1.82, 2.24) is 9.97 Å². The van der Waals surface area contributed by atoms with Crippen LogP contribution in [-0.4, -0.2) is 9.97 Å². The highest BCUT2D eigenvalue weighted by molar-refractivity contribution is 7.17. The Kier molecular flexibility index (Phi) is 3.36. The number of aromatic nitrogens is 3. The molecule has 0 saturated heterocycles. The average molecular weight is 321 g/mol. The van der Waals surface area contributed by atoms with Crippen LogP contribution in [0.4, 0.5) is 0 Å². The summed E-state index contributed by atoms with van der Waals surface area (Å²) in [5, 5.41) is 14.6. The Morgan fingerprint density at radius 3 is 2.65 bits per heavy atom. The topological polar surface area (TPSA) is 62.0 Å². The van der Waals surface area contributed by atoms with Crippen molar-refractivity contribution < 1.29 is 9.47 Å². The number of hydrogen-bond donors (Lipinski definition) is 0. The second-order valence-electron chi connectivity index (χ2n) is 4.84. The SMILES string of the molecule is [O-][n+]1ccccc1Oc1ncnc2scc(-c3ccccc3)c12. The van der Waals surface area contributed by atoms with E-state index < -0.39 is 0 Å². The van der Waals surface area contributed by atoms with E-state index in [4.69, 9.17) is 4.74 Å². The fraction of sp³-hybridized carbons (Fsp3) is 0. The van der Waals surface area contributed by atoms with E-state index in [9.17, 15) is 5.21 Å². The maximum absolute atomic E-state index is 11.8. The third kappa shape index (κ3) is 2.49. The Balaban J connectivity index is 1.87. The van der Waals surface area contributed by atoms with Gasteiger partial charge in [0, 0.05) is 17.0 Å². The third-order valence-corrected chi connectivity index (χ3v) is 4.30. The van der Waals surface area contributed by atoms with Crippen molar-refractivity contribution in [2.75, 3.05) is 0 Å². The highest BCUT2D eigenvalue weighted by atomic mass is 32.1. The van der Waals surface area contributed by atoms with Crippen molar-refractivity contribution in [3.63, 3.8) is 0 Å². The maximum atomic E-state index is 11.8. The average Bonchev–Trinajstić information content (AvgIpc) is 3.03. The van der Waals surface area contributed by atoms with E-state index in [0.29, 0.717) is 10.6 Å². The van der Waals surface area contributed by atoms with Gasteiger partial charge in [-0.15, -0.1) is 16.1 Å². The molecule has 4 rings (SSSR count). The summed E-state index contributed by atoms with van der Waals surface area (Å²) in [6.07, 6.45) is 2.83. The first-order valence-corrected chi connectivity index (χ1v) is 7.84. The lowest BCUT2D eigenvalue weighted by Crippen LogP contribution is -2.26. The lowest BCUT2D eigenvalue weighted by Gasteiger charge is -2.07. The quantitative estimate of drug-likeness (QED) is 0.425. The van der Waals surface area contributed by atoms with E-state index in [2.05, 4.69) is 9.97 Å². The number of rotatable bonds is 3. The van der Waals surface area contributed by atoms with Crippen molar-refractivity contribution in [3.05, 3.63) is 71.6 Å².